The van der Waals surface area contributed by atoms with E-state index >= 15 is 0 Å². The van der Waals surface area contributed by atoms with E-state index in [0.717, 1.165) is 30.2 Å². The third-order valence-electron chi connectivity index (χ3n) is 5.86. The molecule has 33 heavy (non-hydrogen) atoms. The van der Waals surface area contributed by atoms with Crippen molar-refractivity contribution in [3.63, 3.8) is 0 Å². The summed E-state index contributed by atoms with van der Waals surface area (Å²) in [5, 5.41) is 11.7. The fourth-order valence-electron chi connectivity index (χ4n) is 3.92. The lowest BCUT2D eigenvalue weighted by molar-refractivity contribution is -0.118. The molecule has 1 aliphatic rings. The average molecular weight is 445 g/mol. The van der Waals surface area contributed by atoms with Gasteiger partial charge in [0.25, 0.3) is 5.91 Å². The Morgan fingerprint density at radius 1 is 0.970 bits per heavy atom. The minimum atomic E-state index is -0.210. The number of benzene rings is 2. The fraction of sp³-hybridized carbons (Fsp3) is 0.370. The number of carbonyl (C=O) groups excluding carboxylic acids is 1. The first kappa shape index (κ1) is 22.8. The highest BCUT2D eigenvalue weighted by atomic mass is 16.5. The molecule has 0 saturated carbocycles. The van der Waals surface area contributed by atoms with Crippen LogP contribution in [0, 0.1) is 0 Å². The summed E-state index contributed by atoms with van der Waals surface area (Å²) in [7, 11) is 0. The second-order valence-corrected chi connectivity index (χ2v) is 9.52. The number of nitrogens with zero attached hydrogens (tertiary/aromatic N) is 3. The van der Waals surface area contributed by atoms with Gasteiger partial charge in [-0.25, -0.2) is 0 Å². The Kier molecular flexibility index (Phi) is 6.92. The van der Waals surface area contributed by atoms with E-state index in [-0.39, 0.29) is 17.9 Å². The Bertz CT molecular complexity index is 1070. The van der Waals surface area contributed by atoms with Gasteiger partial charge in [-0.2, -0.15) is 0 Å². The average Bonchev–Trinajstić information content (AvgIpc) is 2.83. The Balaban J connectivity index is 1.34. The molecule has 1 N–H and O–H groups in total. The van der Waals surface area contributed by atoms with Crippen LogP contribution in [0.4, 0.5) is 11.5 Å². The fourth-order valence-corrected chi connectivity index (χ4v) is 3.92. The molecule has 2 heterocycles. The number of hydrogen-bond donors (Lipinski definition) is 1. The first-order valence-electron chi connectivity index (χ1n) is 11.6. The number of piperidine rings is 1. The summed E-state index contributed by atoms with van der Waals surface area (Å²) >= 11 is 0. The molecular formula is C27H32N4O2. The number of carbonyl (C=O) groups is 1. The molecule has 4 rings (SSSR count). The van der Waals surface area contributed by atoms with Gasteiger partial charge >= 0.3 is 0 Å². The summed E-state index contributed by atoms with van der Waals surface area (Å²) in [4.78, 5) is 14.7. The summed E-state index contributed by atoms with van der Waals surface area (Å²) in [6.45, 7) is 8.53. The van der Waals surface area contributed by atoms with E-state index in [4.69, 9.17) is 4.74 Å². The molecule has 3 aromatic rings. The maximum atomic E-state index is 12.4. The number of aromatic nitrogens is 2. The van der Waals surface area contributed by atoms with Crippen molar-refractivity contribution in [2.75, 3.05) is 29.9 Å². The van der Waals surface area contributed by atoms with E-state index in [9.17, 15) is 4.79 Å². The summed E-state index contributed by atoms with van der Waals surface area (Å²) < 4.78 is 5.65. The van der Waals surface area contributed by atoms with Gasteiger partial charge in [0.15, 0.2) is 12.4 Å². The molecule has 0 atom stereocenters. The van der Waals surface area contributed by atoms with Crippen LogP contribution in [0.1, 0.15) is 45.6 Å². The molecule has 6 nitrogen and oxygen atoms in total. The van der Waals surface area contributed by atoms with Crippen LogP contribution in [-0.4, -0.2) is 35.8 Å². The Morgan fingerprint density at radius 3 is 2.39 bits per heavy atom. The van der Waals surface area contributed by atoms with Crippen LogP contribution in [0.2, 0.25) is 0 Å². The summed E-state index contributed by atoms with van der Waals surface area (Å²) in [6.07, 6.45) is 3.70. The molecule has 0 spiro atoms. The predicted octanol–water partition coefficient (Wildman–Crippen LogP) is 5.45. The van der Waals surface area contributed by atoms with Crippen LogP contribution in [0.3, 0.4) is 0 Å². The lowest BCUT2D eigenvalue weighted by Crippen LogP contribution is -2.30. The lowest BCUT2D eigenvalue weighted by Gasteiger charge is -2.27. The van der Waals surface area contributed by atoms with Crippen molar-refractivity contribution < 1.29 is 9.53 Å². The second-order valence-electron chi connectivity index (χ2n) is 9.52. The highest BCUT2D eigenvalue weighted by molar-refractivity contribution is 5.92. The molecular weight excluding hydrogens is 412 g/mol. The van der Waals surface area contributed by atoms with Gasteiger partial charge in [0.05, 0.1) is 5.69 Å². The standard InChI is InChI=1S/C27H32N4O2/c1-27(2,3)21-10-12-23(13-11-21)33-19-26(32)28-22-9-7-8-20(18-22)24-14-15-25(30-29-24)31-16-5-4-6-17-31/h7-15,18H,4-6,16-17,19H2,1-3H3,(H,28,32). The first-order valence-corrected chi connectivity index (χ1v) is 11.6. The van der Waals surface area contributed by atoms with Crippen LogP contribution in [0.15, 0.2) is 60.7 Å². The van der Waals surface area contributed by atoms with Crippen molar-refractivity contribution in [2.45, 2.75) is 45.4 Å². The van der Waals surface area contributed by atoms with Gasteiger partial charge in [-0.05, 0) is 66.6 Å². The Hall–Kier alpha value is -3.41. The molecule has 1 saturated heterocycles. The third-order valence-corrected chi connectivity index (χ3v) is 5.86. The summed E-state index contributed by atoms with van der Waals surface area (Å²) in [6, 6.07) is 19.5. The van der Waals surface area contributed by atoms with Crippen molar-refractivity contribution in [3.8, 4) is 17.0 Å². The quantitative estimate of drug-likeness (QED) is 0.548. The molecule has 172 valence electrons. The molecule has 1 fully saturated rings. The van der Waals surface area contributed by atoms with Gasteiger partial charge in [-0.3, -0.25) is 4.79 Å². The Morgan fingerprint density at radius 2 is 1.73 bits per heavy atom. The smallest absolute Gasteiger partial charge is 0.262 e. The largest absolute Gasteiger partial charge is 0.484 e. The van der Waals surface area contributed by atoms with Crippen LogP contribution >= 0.6 is 0 Å². The van der Waals surface area contributed by atoms with Gasteiger partial charge in [0, 0.05) is 24.3 Å². The number of rotatable bonds is 6. The topological polar surface area (TPSA) is 67.3 Å². The number of anilines is 2. The predicted molar refractivity (Wildman–Crippen MR) is 133 cm³/mol. The summed E-state index contributed by atoms with van der Waals surface area (Å²) in [5.41, 5.74) is 3.69. The van der Waals surface area contributed by atoms with Gasteiger partial charge in [-0.15, -0.1) is 10.2 Å². The zero-order chi connectivity index (χ0) is 23.3. The number of nitrogens with one attached hydrogen (secondary N) is 1. The van der Waals surface area contributed by atoms with Crippen molar-refractivity contribution in [1.82, 2.24) is 10.2 Å². The maximum Gasteiger partial charge on any atom is 0.262 e. The van der Waals surface area contributed by atoms with Gasteiger partial charge in [0.1, 0.15) is 5.75 Å². The third kappa shape index (κ3) is 6.09. The molecule has 2 aromatic carbocycles. The van der Waals surface area contributed by atoms with Gasteiger partial charge < -0.3 is 15.0 Å². The van der Waals surface area contributed by atoms with Gasteiger partial charge in [-0.1, -0.05) is 45.0 Å². The second kappa shape index (κ2) is 10.0. The van der Waals surface area contributed by atoms with Crippen molar-refractivity contribution in [3.05, 3.63) is 66.2 Å². The maximum absolute atomic E-state index is 12.4. The number of hydrogen-bond acceptors (Lipinski definition) is 5. The molecule has 0 bridgehead atoms. The van der Waals surface area contributed by atoms with E-state index in [1.165, 1.54) is 24.8 Å². The summed E-state index contributed by atoms with van der Waals surface area (Å²) in [5.74, 6) is 1.39. The number of amides is 1. The molecule has 0 radical (unpaired) electrons. The monoisotopic (exact) mass is 444 g/mol. The zero-order valence-electron chi connectivity index (χ0n) is 19.7. The molecule has 0 aliphatic carbocycles. The molecule has 0 unspecified atom stereocenters. The number of ether oxygens (including phenoxy) is 1. The van der Waals surface area contributed by atoms with E-state index in [1.54, 1.807) is 0 Å². The molecule has 1 amide bonds. The first-order chi connectivity index (χ1) is 15.9. The van der Waals surface area contributed by atoms with E-state index < -0.39 is 0 Å². The molecule has 1 aromatic heterocycles. The minimum absolute atomic E-state index is 0.0522. The highest BCUT2D eigenvalue weighted by Crippen LogP contribution is 2.25. The Labute approximate surface area is 196 Å². The van der Waals surface area contributed by atoms with E-state index in [1.807, 2.05) is 60.7 Å². The molecule has 6 heteroatoms. The normalized spacial score (nSPS) is 14.1. The zero-order valence-corrected chi connectivity index (χ0v) is 19.7. The van der Waals surface area contributed by atoms with Gasteiger partial charge in [0.2, 0.25) is 0 Å². The van der Waals surface area contributed by atoms with Crippen molar-refractivity contribution in [1.29, 1.82) is 0 Å². The van der Waals surface area contributed by atoms with Crippen LogP contribution in [-0.2, 0) is 10.2 Å². The SMILES string of the molecule is CC(C)(C)c1ccc(OCC(=O)Nc2cccc(-c3ccc(N4CCCCC4)nn3)c2)cc1. The van der Waals surface area contributed by atoms with Crippen molar-refractivity contribution >= 4 is 17.4 Å². The lowest BCUT2D eigenvalue weighted by atomic mass is 9.87. The van der Waals surface area contributed by atoms with Crippen LogP contribution in [0.25, 0.3) is 11.3 Å². The van der Waals surface area contributed by atoms with Crippen LogP contribution in [0.5, 0.6) is 5.75 Å². The highest BCUT2D eigenvalue weighted by Gasteiger charge is 2.14. The van der Waals surface area contributed by atoms with E-state index in [2.05, 4.69) is 41.2 Å². The minimum Gasteiger partial charge on any atom is -0.484 e. The van der Waals surface area contributed by atoms with Crippen LogP contribution < -0.4 is 15.0 Å². The molecule has 1 aliphatic heterocycles. The van der Waals surface area contributed by atoms with E-state index in [0.29, 0.717) is 11.4 Å². The van der Waals surface area contributed by atoms with Crippen molar-refractivity contribution in [2.24, 2.45) is 0 Å².